The van der Waals surface area contributed by atoms with Crippen LogP contribution in [-0.2, 0) is 6.54 Å². The third-order valence-corrected chi connectivity index (χ3v) is 4.61. The zero-order valence-corrected chi connectivity index (χ0v) is 14.1. The number of hydrogen-bond donors (Lipinski definition) is 1. The van der Waals surface area contributed by atoms with Gasteiger partial charge in [0.15, 0.2) is 0 Å². The molecule has 2 heterocycles. The van der Waals surface area contributed by atoms with Gasteiger partial charge in [0.1, 0.15) is 29.7 Å². The van der Waals surface area contributed by atoms with Crippen LogP contribution < -0.4 is 14.4 Å². The zero-order chi connectivity index (χ0) is 17.4. The topological polar surface area (TPSA) is 67.7 Å². The van der Waals surface area contributed by atoms with Gasteiger partial charge in [-0.1, -0.05) is 12.1 Å². The summed E-state index contributed by atoms with van der Waals surface area (Å²) in [5.41, 5.74) is 2.59. The summed E-state index contributed by atoms with van der Waals surface area (Å²) in [4.78, 5) is 10.8. The van der Waals surface area contributed by atoms with Crippen LogP contribution in [0.2, 0.25) is 0 Å². The molecule has 128 valence electrons. The summed E-state index contributed by atoms with van der Waals surface area (Å²) in [5, 5.41) is 11.7. The second-order valence-electron chi connectivity index (χ2n) is 5.97. The van der Waals surface area contributed by atoms with E-state index in [4.69, 9.17) is 9.47 Å². The van der Waals surface area contributed by atoms with Crippen molar-refractivity contribution in [3.05, 3.63) is 53.9 Å². The molecule has 0 radical (unpaired) electrons. The lowest BCUT2D eigenvalue weighted by Gasteiger charge is -2.35. The van der Waals surface area contributed by atoms with Crippen molar-refractivity contribution < 1.29 is 14.6 Å². The Morgan fingerprint density at radius 2 is 1.80 bits per heavy atom. The van der Waals surface area contributed by atoms with Crippen molar-refractivity contribution in [1.29, 1.82) is 0 Å². The molecule has 0 spiro atoms. The fraction of sp³-hybridized carbons (Fsp3) is 0.263. The summed E-state index contributed by atoms with van der Waals surface area (Å²) in [6.45, 7) is 1.01. The molecule has 0 aliphatic carbocycles. The van der Waals surface area contributed by atoms with Crippen LogP contribution >= 0.6 is 0 Å². The van der Waals surface area contributed by atoms with Gasteiger partial charge in [0.2, 0.25) is 0 Å². The summed E-state index contributed by atoms with van der Waals surface area (Å²) < 4.78 is 10.9. The largest absolute Gasteiger partial charge is 0.496 e. The minimum absolute atomic E-state index is 0.428. The van der Waals surface area contributed by atoms with Gasteiger partial charge in [-0.2, -0.15) is 0 Å². The molecule has 1 atom stereocenters. The molecule has 4 rings (SSSR count). The first-order valence-corrected chi connectivity index (χ1v) is 8.09. The number of fused-ring (bicyclic) bond motifs is 2. The monoisotopic (exact) mass is 337 g/mol. The number of β-amino-alcohol motifs (C(OH)–C–C–N with tert-alkyl or cyclic N) is 1. The van der Waals surface area contributed by atoms with E-state index in [0.29, 0.717) is 18.8 Å². The fourth-order valence-corrected chi connectivity index (χ4v) is 3.48. The van der Waals surface area contributed by atoms with E-state index in [2.05, 4.69) is 14.9 Å². The maximum atomic E-state index is 10.8. The van der Waals surface area contributed by atoms with E-state index in [0.717, 1.165) is 33.6 Å². The highest BCUT2D eigenvalue weighted by molar-refractivity contribution is 5.89. The van der Waals surface area contributed by atoms with E-state index in [1.807, 2.05) is 36.4 Å². The Morgan fingerprint density at radius 1 is 1.04 bits per heavy atom. The SMILES string of the molecule is COc1ccc(OC)c2c1CN(c1ncnc3ccccc13)C[C@H]2O. The predicted molar refractivity (Wildman–Crippen MR) is 95.1 cm³/mol. The molecule has 25 heavy (non-hydrogen) atoms. The number of hydrogen-bond acceptors (Lipinski definition) is 6. The van der Waals surface area contributed by atoms with E-state index in [1.165, 1.54) is 0 Å². The zero-order valence-electron chi connectivity index (χ0n) is 14.1. The van der Waals surface area contributed by atoms with Crippen LogP contribution in [0.3, 0.4) is 0 Å². The van der Waals surface area contributed by atoms with Gasteiger partial charge < -0.3 is 19.5 Å². The third-order valence-electron chi connectivity index (χ3n) is 4.61. The normalized spacial score (nSPS) is 16.6. The maximum Gasteiger partial charge on any atom is 0.140 e. The second-order valence-corrected chi connectivity index (χ2v) is 5.97. The summed E-state index contributed by atoms with van der Waals surface area (Å²) in [7, 11) is 3.24. The van der Waals surface area contributed by atoms with Gasteiger partial charge in [-0.3, -0.25) is 0 Å². The molecule has 0 saturated heterocycles. The van der Waals surface area contributed by atoms with Crippen molar-refractivity contribution in [2.24, 2.45) is 0 Å². The highest BCUT2D eigenvalue weighted by Gasteiger charge is 2.30. The van der Waals surface area contributed by atoms with Gasteiger partial charge in [-0.25, -0.2) is 9.97 Å². The molecule has 6 nitrogen and oxygen atoms in total. The van der Waals surface area contributed by atoms with Gasteiger partial charge in [0.25, 0.3) is 0 Å². The number of rotatable bonds is 3. The van der Waals surface area contributed by atoms with Crippen molar-refractivity contribution in [2.75, 3.05) is 25.7 Å². The number of ether oxygens (including phenoxy) is 2. The number of nitrogens with zero attached hydrogens (tertiary/aromatic N) is 3. The molecular formula is C19H19N3O3. The molecule has 1 aromatic heterocycles. The average molecular weight is 337 g/mol. The van der Waals surface area contributed by atoms with Gasteiger partial charge in [0, 0.05) is 23.1 Å². The first-order valence-electron chi connectivity index (χ1n) is 8.09. The van der Waals surface area contributed by atoms with E-state index < -0.39 is 6.10 Å². The number of benzene rings is 2. The number of aliphatic hydroxyl groups excluding tert-OH is 1. The molecule has 1 aliphatic rings. The standard InChI is InChI=1S/C19H19N3O3/c1-24-16-7-8-17(25-2)18-13(16)9-22(10-15(18)23)19-12-5-3-4-6-14(12)20-11-21-19/h3-8,11,15,23H,9-10H2,1-2H3/t15-/m1/s1. The van der Waals surface area contributed by atoms with Crippen LogP contribution in [-0.4, -0.2) is 35.8 Å². The Kier molecular flexibility index (Phi) is 3.89. The lowest BCUT2D eigenvalue weighted by molar-refractivity contribution is 0.169. The summed E-state index contributed by atoms with van der Waals surface area (Å²) in [5.74, 6) is 2.22. The Hall–Kier alpha value is -2.86. The molecular weight excluding hydrogens is 318 g/mol. The van der Waals surface area contributed by atoms with Gasteiger partial charge in [-0.05, 0) is 24.3 Å². The lowest BCUT2D eigenvalue weighted by atomic mass is 9.95. The van der Waals surface area contributed by atoms with Crippen LogP contribution in [0.1, 0.15) is 17.2 Å². The van der Waals surface area contributed by atoms with Crippen molar-refractivity contribution in [3.8, 4) is 11.5 Å². The first-order chi connectivity index (χ1) is 12.2. The number of para-hydroxylation sites is 1. The van der Waals surface area contributed by atoms with Crippen molar-refractivity contribution >= 4 is 16.7 Å². The second kappa shape index (κ2) is 6.22. The van der Waals surface area contributed by atoms with E-state index in [1.54, 1.807) is 20.5 Å². The fourth-order valence-electron chi connectivity index (χ4n) is 3.48. The summed E-state index contributed by atoms with van der Waals surface area (Å²) >= 11 is 0. The maximum absolute atomic E-state index is 10.8. The molecule has 0 bridgehead atoms. The van der Waals surface area contributed by atoms with Gasteiger partial charge >= 0.3 is 0 Å². The van der Waals surface area contributed by atoms with E-state index >= 15 is 0 Å². The first kappa shape index (κ1) is 15.7. The molecule has 0 amide bonds. The van der Waals surface area contributed by atoms with Crippen LogP contribution in [0.5, 0.6) is 11.5 Å². The van der Waals surface area contributed by atoms with Crippen LogP contribution in [0.4, 0.5) is 5.82 Å². The molecule has 0 saturated carbocycles. The van der Waals surface area contributed by atoms with E-state index in [9.17, 15) is 5.11 Å². The number of aromatic nitrogens is 2. The Morgan fingerprint density at radius 3 is 2.60 bits per heavy atom. The molecule has 3 aromatic rings. The molecule has 0 unspecified atom stereocenters. The van der Waals surface area contributed by atoms with E-state index in [-0.39, 0.29) is 0 Å². The van der Waals surface area contributed by atoms with Crippen molar-refractivity contribution in [1.82, 2.24) is 9.97 Å². The number of aliphatic hydroxyl groups is 1. The smallest absolute Gasteiger partial charge is 0.140 e. The Bertz CT molecular complexity index is 924. The summed E-state index contributed by atoms with van der Waals surface area (Å²) in [6.07, 6.45) is 0.866. The minimum Gasteiger partial charge on any atom is -0.496 e. The third kappa shape index (κ3) is 2.55. The Labute approximate surface area is 145 Å². The van der Waals surface area contributed by atoms with Crippen molar-refractivity contribution in [3.63, 3.8) is 0 Å². The van der Waals surface area contributed by atoms with Gasteiger partial charge in [0.05, 0.1) is 26.3 Å². The molecule has 2 aromatic carbocycles. The average Bonchev–Trinajstić information content (AvgIpc) is 2.66. The molecule has 1 N–H and O–H groups in total. The highest BCUT2D eigenvalue weighted by Crippen LogP contribution is 2.41. The number of methoxy groups -OCH3 is 2. The van der Waals surface area contributed by atoms with Crippen LogP contribution in [0.25, 0.3) is 10.9 Å². The predicted octanol–water partition coefficient (Wildman–Crippen LogP) is 2.70. The molecule has 6 heteroatoms. The minimum atomic E-state index is -0.692. The molecule has 0 fully saturated rings. The quantitative estimate of drug-likeness (QED) is 0.793. The van der Waals surface area contributed by atoms with Gasteiger partial charge in [-0.15, -0.1) is 0 Å². The van der Waals surface area contributed by atoms with Crippen molar-refractivity contribution in [2.45, 2.75) is 12.6 Å². The van der Waals surface area contributed by atoms with Crippen LogP contribution in [0, 0.1) is 0 Å². The highest BCUT2D eigenvalue weighted by atomic mass is 16.5. The number of anilines is 1. The Balaban J connectivity index is 1.83. The molecule has 1 aliphatic heterocycles. The summed E-state index contributed by atoms with van der Waals surface area (Å²) in [6, 6.07) is 11.6. The lowest BCUT2D eigenvalue weighted by Crippen LogP contribution is -2.35. The van der Waals surface area contributed by atoms with Crippen LogP contribution in [0.15, 0.2) is 42.7 Å².